The van der Waals surface area contributed by atoms with Gasteiger partial charge in [-0.2, -0.15) is 15.0 Å². The molecule has 1 aromatic heterocycles. The van der Waals surface area contributed by atoms with Gasteiger partial charge < -0.3 is 20.9 Å². The SMILES string of the molecule is CCCOc1nc(N)nc(NCC2(O)CCCC(C)C2)n1. The summed E-state index contributed by atoms with van der Waals surface area (Å²) in [4.78, 5) is 12.1. The summed E-state index contributed by atoms with van der Waals surface area (Å²) < 4.78 is 5.37. The first-order valence-electron chi connectivity index (χ1n) is 7.61. The fraction of sp³-hybridized carbons (Fsp3) is 0.786. The van der Waals surface area contributed by atoms with Crippen LogP contribution in [0, 0.1) is 5.92 Å². The third kappa shape index (κ3) is 4.70. The van der Waals surface area contributed by atoms with Gasteiger partial charge in [-0.1, -0.05) is 26.7 Å². The van der Waals surface area contributed by atoms with E-state index in [0.29, 0.717) is 25.0 Å². The molecule has 1 saturated carbocycles. The molecule has 0 spiro atoms. The van der Waals surface area contributed by atoms with Crippen LogP contribution in [0.5, 0.6) is 6.01 Å². The van der Waals surface area contributed by atoms with Crippen molar-refractivity contribution in [2.75, 3.05) is 24.2 Å². The van der Waals surface area contributed by atoms with Crippen molar-refractivity contribution >= 4 is 11.9 Å². The maximum absolute atomic E-state index is 10.6. The average molecular weight is 295 g/mol. The summed E-state index contributed by atoms with van der Waals surface area (Å²) in [6, 6.07) is 0.218. The Balaban J connectivity index is 1.97. The van der Waals surface area contributed by atoms with Gasteiger partial charge in [-0.05, 0) is 25.2 Å². The molecule has 21 heavy (non-hydrogen) atoms. The molecule has 118 valence electrons. The lowest BCUT2D eigenvalue weighted by atomic mass is 9.79. The number of aliphatic hydroxyl groups is 1. The first-order valence-corrected chi connectivity index (χ1v) is 7.61. The van der Waals surface area contributed by atoms with Gasteiger partial charge in [0.25, 0.3) is 0 Å². The Hall–Kier alpha value is -1.63. The van der Waals surface area contributed by atoms with Crippen LogP contribution in [0.3, 0.4) is 0 Å². The van der Waals surface area contributed by atoms with Gasteiger partial charge in [0.1, 0.15) is 0 Å². The molecule has 0 bridgehead atoms. The molecule has 4 N–H and O–H groups in total. The second kappa shape index (κ2) is 6.89. The van der Waals surface area contributed by atoms with E-state index in [9.17, 15) is 5.11 Å². The van der Waals surface area contributed by atoms with Crippen LogP contribution in [-0.2, 0) is 0 Å². The molecule has 0 aromatic carbocycles. The van der Waals surface area contributed by atoms with E-state index in [-0.39, 0.29) is 12.0 Å². The largest absolute Gasteiger partial charge is 0.463 e. The number of anilines is 2. The van der Waals surface area contributed by atoms with Crippen LogP contribution in [0.15, 0.2) is 0 Å². The van der Waals surface area contributed by atoms with E-state index in [0.717, 1.165) is 25.7 Å². The van der Waals surface area contributed by atoms with E-state index in [1.165, 1.54) is 6.42 Å². The number of ether oxygens (including phenoxy) is 1. The summed E-state index contributed by atoms with van der Waals surface area (Å²) in [7, 11) is 0. The van der Waals surface area contributed by atoms with Crippen molar-refractivity contribution in [3.05, 3.63) is 0 Å². The number of nitrogens with one attached hydrogen (secondary N) is 1. The summed E-state index contributed by atoms with van der Waals surface area (Å²) in [6.45, 7) is 5.11. The minimum atomic E-state index is -0.705. The van der Waals surface area contributed by atoms with Gasteiger partial charge >= 0.3 is 6.01 Å². The zero-order valence-electron chi connectivity index (χ0n) is 12.8. The zero-order valence-corrected chi connectivity index (χ0v) is 12.8. The highest BCUT2D eigenvalue weighted by atomic mass is 16.5. The number of rotatable bonds is 6. The molecule has 0 saturated heterocycles. The minimum absolute atomic E-state index is 0.114. The Morgan fingerprint density at radius 3 is 2.95 bits per heavy atom. The molecule has 0 amide bonds. The Bertz CT molecular complexity index is 471. The summed E-state index contributed by atoms with van der Waals surface area (Å²) in [5, 5.41) is 13.6. The van der Waals surface area contributed by atoms with Gasteiger partial charge in [0.05, 0.1) is 12.2 Å². The number of hydrogen-bond acceptors (Lipinski definition) is 7. The molecule has 1 heterocycles. The Labute approximate surface area is 125 Å². The Morgan fingerprint density at radius 1 is 1.43 bits per heavy atom. The standard InChI is InChI=1S/C14H25N5O2/c1-3-7-21-13-18-11(15)17-12(19-13)16-9-14(20)6-4-5-10(2)8-14/h10,20H,3-9H2,1-2H3,(H3,15,16,17,18,19). The summed E-state index contributed by atoms with van der Waals surface area (Å²) in [5.74, 6) is 1.00. The monoisotopic (exact) mass is 295 g/mol. The van der Waals surface area contributed by atoms with Crippen LogP contribution < -0.4 is 15.8 Å². The van der Waals surface area contributed by atoms with E-state index < -0.39 is 5.60 Å². The summed E-state index contributed by atoms with van der Waals surface area (Å²) >= 11 is 0. The molecule has 7 heteroatoms. The maximum Gasteiger partial charge on any atom is 0.323 e. The van der Waals surface area contributed by atoms with Crippen LogP contribution in [0.4, 0.5) is 11.9 Å². The van der Waals surface area contributed by atoms with Crippen LogP contribution in [-0.4, -0.2) is 38.8 Å². The molecule has 1 aliphatic rings. The summed E-state index contributed by atoms with van der Waals surface area (Å²) in [5.41, 5.74) is 4.95. The second-order valence-corrected chi connectivity index (χ2v) is 5.93. The smallest absolute Gasteiger partial charge is 0.323 e. The van der Waals surface area contributed by atoms with E-state index in [1.807, 2.05) is 6.92 Å². The lowest BCUT2D eigenvalue weighted by molar-refractivity contribution is -0.000914. The molecule has 1 fully saturated rings. The first kappa shape index (κ1) is 15.8. The molecule has 7 nitrogen and oxygen atoms in total. The fourth-order valence-electron chi connectivity index (χ4n) is 2.75. The molecule has 1 aromatic rings. The van der Waals surface area contributed by atoms with Crippen LogP contribution >= 0.6 is 0 Å². The predicted molar refractivity (Wildman–Crippen MR) is 81.1 cm³/mol. The lowest BCUT2D eigenvalue weighted by Gasteiger charge is -2.35. The highest BCUT2D eigenvalue weighted by Crippen LogP contribution is 2.32. The minimum Gasteiger partial charge on any atom is -0.463 e. The van der Waals surface area contributed by atoms with Gasteiger partial charge in [-0.25, -0.2) is 0 Å². The lowest BCUT2D eigenvalue weighted by Crippen LogP contribution is -2.41. The Kier molecular flexibility index (Phi) is 5.17. The zero-order chi connectivity index (χ0) is 15.3. The van der Waals surface area contributed by atoms with Crippen molar-refractivity contribution in [3.63, 3.8) is 0 Å². The normalized spacial score (nSPS) is 25.6. The number of hydrogen-bond donors (Lipinski definition) is 3. The van der Waals surface area contributed by atoms with Gasteiger partial charge in [-0.3, -0.25) is 0 Å². The number of nitrogen functional groups attached to an aromatic ring is 1. The molecule has 2 atom stereocenters. The van der Waals surface area contributed by atoms with Crippen molar-refractivity contribution in [3.8, 4) is 6.01 Å². The van der Waals surface area contributed by atoms with Gasteiger partial charge in [0.2, 0.25) is 11.9 Å². The molecule has 2 unspecified atom stereocenters. The molecule has 2 rings (SSSR count). The molecule has 1 aliphatic carbocycles. The van der Waals surface area contributed by atoms with Gasteiger partial charge in [0, 0.05) is 6.54 Å². The second-order valence-electron chi connectivity index (χ2n) is 5.93. The van der Waals surface area contributed by atoms with E-state index >= 15 is 0 Å². The quantitative estimate of drug-likeness (QED) is 0.731. The van der Waals surface area contributed by atoms with Crippen molar-refractivity contribution in [1.29, 1.82) is 0 Å². The third-order valence-corrected chi connectivity index (χ3v) is 3.71. The Morgan fingerprint density at radius 2 is 2.24 bits per heavy atom. The van der Waals surface area contributed by atoms with E-state index in [2.05, 4.69) is 27.2 Å². The molecule has 0 radical (unpaired) electrons. The molecular weight excluding hydrogens is 270 g/mol. The van der Waals surface area contributed by atoms with E-state index in [1.54, 1.807) is 0 Å². The highest BCUT2D eigenvalue weighted by molar-refractivity contribution is 5.33. The third-order valence-electron chi connectivity index (χ3n) is 3.71. The highest BCUT2D eigenvalue weighted by Gasteiger charge is 2.32. The van der Waals surface area contributed by atoms with Gasteiger partial charge in [-0.15, -0.1) is 0 Å². The number of nitrogens with two attached hydrogens (primary N) is 1. The van der Waals surface area contributed by atoms with E-state index in [4.69, 9.17) is 10.5 Å². The van der Waals surface area contributed by atoms with Crippen LogP contribution in [0.25, 0.3) is 0 Å². The van der Waals surface area contributed by atoms with Gasteiger partial charge in [0.15, 0.2) is 0 Å². The maximum atomic E-state index is 10.6. The average Bonchev–Trinajstić information content (AvgIpc) is 2.42. The molecular formula is C14H25N5O2. The number of aromatic nitrogens is 3. The van der Waals surface area contributed by atoms with Crippen LogP contribution in [0.2, 0.25) is 0 Å². The van der Waals surface area contributed by atoms with Crippen molar-refractivity contribution in [1.82, 2.24) is 15.0 Å². The van der Waals surface area contributed by atoms with Crippen molar-refractivity contribution in [2.24, 2.45) is 5.92 Å². The summed E-state index contributed by atoms with van der Waals surface area (Å²) in [6.07, 6.45) is 4.68. The predicted octanol–water partition coefficient (Wildman–Crippen LogP) is 1.60. The molecule has 0 aliphatic heterocycles. The van der Waals surface area contributed by atoms with Crippen LogP contribution in [0.1, 0.15) is 46.0 Å². The van der Waals surface area contributed by atoms with Crippen molar-refractivity contribution in [2.45, 2.75) is 51.6 Å². The first-order chi connectivity index (χ1) is 10.0. The fourth-order valence-corrected chi connectivity index (χ4v) is 2.75. The topological polar surface area (TPSA) is 106 Å². The van der Waals surface area contributed by atoms with Crippen molar-refractivity contribution < 1.29 is 9.84 Å². The number of nitrogens with zero attached hydrogens (tertiary/aromatic N) is 3.